The average Bonchev–Trinajstić information content (AvgIpc) is 3.37. The van der Waals surface area contributed by atoms with E-state index in [9.17, 15) is 9.59 Å². The lowest BCUT2D eigenvalue weighted by atomic mass is 10.1. The maximum absolute atomic E-state index is 12.1. The van der Waals surface area contributed by atoms with Gasteiger partial charge in [0.2, 0.25) is 11.8 Å². The first-order valence-corrected chi connectivity index (χ1v) is 9.47. The zero-order chi connectivity index (χ0) is 19.1. The van der Waals surface area contributed by atoms with Gasteiger partial charge >= 0.3 is 0 Å². The van der Waals surface area contributed by atoms with Gasteiger partial charge < -0.3 is 20.9 Å². The normalized spacial score (nSPS) is 14.6. The Hall–Kier alpha value is -2.67. The van der Waals surface area contributed by atoms with Crippen LogP contribution >= 0.6 is 0 Å². The van der Waals surface area contributed by atoms with Crippen molar-refractivity contribution in [3.8, 4) is 0 Å². The first-order valence-electron chi connectivity index (χ1n) is 9.47. The van der Waals surface area contributed by atoms with Gasteiger partial charge in [0.05, 0.1) is 18.1 Å². The summed E-state index contributed by atoms with van der Waals surface area (Å²) in [6.07, 6.45) is 7.26. The van der Waals surface area contributed by atoms with Crippen LogP contribution in [0.25, 0.3) is 0 Å². The second-order valence-electron chi connectivity index (χ2n) is 7.07. The van der Waals surface area contributed by atoms with Gasteiger partial charge in [-0.3, -0.25) is 9.59 Å². The monoisotopic (exact) mass is 369 g/mol. The Labute approximate surface area is 159 Å². The van der Waals surface area contributed by atoms with Gasteiger partial charge in [-0.05, 0) is 24.8 Å². The van der Waals surface area contributed by atoms with Crippen molar-refractivity contribution < 1.29 is 9.59 Å². The van der Waals surface area contributed by atoms with Gasteiger partial charge in [-0.2, -0.15) is 0 Å². The van der Waals surface area contributed by atoms with Gasteiger partial charge in [-0.1, -0.05) is 30.3 Å². The number of nitrogens with one attached hydrogen (secondary N) is 2. The molecule has 1 atom stereocenters. The first-order chi connectivity index (χ1) is 13.1. The fraction of sp³-hybridized carbons (Fsp3) is 0.450. The predicted molar refractivity (Wildman–Crippen MR) is 103 cm³/mol. The van der Waals surface area contributed by atoms with Crippen LogP contribution in [-0.4, -0.2) is 40.0 Å². The van der Waals surface area contributed by atoms with E-state index in [-0.39, 0.29) is 11.8 Å². The number of carbonyl (C=O) groups is 2. The van der Waals surface area contributed by atoms with E-state index < -0.39 is 6.04 Å². The molecule has 0 aliphatic heterocycles. The van der Waals surface area contributed by atoms with Crippen LogP contribution < -0.4 is 16.4 Å². The number of imidazole rings is 1. The summed E-state index contributed by atoms with van der Waals surface area (Å²) < 4.78 is 1.98. The third-order valence-electron chi connectivity index (χ3n) is 4.48. The molecule has 0 unspecified atom stereocenters. The van der Waals surface area contributed by atoms with Gasteiger partial charge in [0.15, 0.2) is 0 Å². The standard InChI is InChI=1S/C20H27N5O2/c21-18(20(27)22-10-4-7-19(26)24-16-8-9-16)11-17-13-25(14-23-17)12-15-5-2-1-3-6-15/h1-3,5-6,13-14,16,18H,4,7-12,21H2,(H,22,27)(H,24,26)/t18-/m0/s1. The Morgan fingerprint density at radius 1 is 1.26 bits per heavy atom. The Bertz CT molecular complexity index is 755. The van der Waals surface area contributed by atoms with Gasteiger partial charge in [0.25, 0.3) is 0 Å². The molecule has 1 saturated carbocycles. The summed E-state index contributed by atoms with van der Waals surface area (Å²) in [5.41, 5.74) is 7.97. The van der Waals surface area contributed by atoms with Crippen LogP contribution in [0.5, 0.6) is 0 Å². The third-order valence-corrected chi connectivity index (χ3v) is 4.48. The summed E-state index contributed by atoms with van der Waals surface area (Å²) in [5, 5.41) is 5.73. The number of carbonyl (C=O) groups excluding carboxylic acids is 2. The molecule has 0 spiro atoms. The van der Waals surface area contributed by atoms with Crippen molar-refractivity contribution in [1.29, 1.82) is 0 Å². The lowest BCUT2D eigenvalue weighted by Gasteiger charge is -2.11. The highest BCUT2D eigenvalue weighted by atomic mass is 16.2. The molecule has 3 rings (SSSR count). The summed E-state index contributed by atoms with van der Waals surface area (Å²) in [4.78, 5) is 28.0. The molecule has 1 aromatic carbocycles. The van der Waals surface area contributed by atoms with Gasteiger partial charge in [0.1, 0.15) is 0 Å². The number of hydrogen-bond acceptors (Lipinski definition) is 4. The van der Waals surface area contributed by atoms with Crippen molar-refractivity contribution in [2.24, 2.45) is 5.73 Å². The predicted octanol–water partition coefficient (Wildman–Crippen LogP) is 0.976. The topological polar surface area (TPSA) is 102 Å². The molecule has 1 aliphatic carbocycles. The maximum atomic E-state index is 12.1. The highest BCUT2D eigenvalue weighted by Crippen LogP contribution is 2.18. The number of rotatable bonds is 10. The smallest absolute Gasteiger partial charge is 0.237 e. The van der Waals surface area contributed by atoms with E-state index in [1.165, 1.54) is 5.56 Å². The van der Waals surface area contributed by atoms with Crippen LogP contribution in [0.1, 0.15) is 36.9 Å². The molecule has 7 heteroatoms. The first kappa shape index (κ1) is 19.1. The lowest BCUT2D eigenvalue weighted by Crippen LogP contribution is -2.42. The number of benzene rings is 1. The lowest BCUT2D eigenvalue weighted by molar-refractivity contribution is -0.123. The van der Waals surface area contributed by atoms with Crippen molar-refractivity contribution in [3.05, 3.63) is 54.1 Å². The van der Waals surface area contributed by atoms with Crippen molar-refractivity contribution in [2.45, 2.75) is 50.7 Å². The van der Waals surface area contributed by atoms with Crippen LogP contribution in [0.3, 0.4) is 0 Å². The Morgan fingerprint density at radius 2 is 2.04 bits per heavy atom. The van der Waals surface area contributed by atoms with E-state index in [0.717, 1.165) is 25.1 Å². The Morgan fingerprint density at radius 3 is 2.78 bits per heavy atom. The fourth-order valence-corrected chi connectivity index (χ4v) is 2.83. The molecular weight excluding hydrogens is 342 g/mol. The summed E-state index contributed by atoms with van der Waals surface area (Å²) in [7, 11) is 0. The number of aromatic nitrogens is 2. The molecule has 1 heterocycles. The number of nitrogens with zero attached hydrogens (tertiary/aromatic N) is 2. The maximum Gasteiger partial charge on any atom is 0.237 e. The summed E-state index contributed by atoms with van der Waals surface area (Å²) in [5.74, 6) is -0.157. The molecule has 27 heavy (non-hydrogen) atoms. The van der Waals surface area contributed by atoms with Gasteiger partial charge in [0, 0.05) is 38.2 Å². The van der Waals surface area contributed by atoms with E-state index in [1.807, 2.05) is 29.0 Å². The summed E-state index contributed by atoms with van der Waals surface area (Å²) in [6, 6.07) is 9.84. The SMILES string of the molecule is N[C@@H](Cc1cn(Cc2ccccc2)cn1)C(=O)NCCCC(=O)NC1CC1. The minimum absolute atomic E-state index is 0.0556. The van der Waals surface area contributed by atoms with Crippen LogP contribution in [0.2, 0.25) is 0 Å². The molecule has 1 aromatic heterocycles. The van der Waals surface area contributed by atoms with Crippen LogP contribution in [0, 0.1) is 0 Å². The van der Waals surface area contributed by atoms with Crippen molar-refractivity contribution in [3.63, 3.8) is 0 Å². The Kier molecular flexibility index (Phi) is 6.59. The van der Waals surface area contributed by atoms with E-state index >= 15 is 0 Å². The zero-order valence-corrected chi connectivity index (χ0v) is 15.4. The molecule has 0 bridgehead atoms. The second-order valence-corrected chi connectivity index (χ2v) is 7.07. The number of amides is 2. The molecule has 0 saturated heterocycles. The molecule has 2 amide bonds. The third kappa shape index (κ3) is 6.53. The van der Waals surface area contributed by atoms with Crippen molar-refractivity contribution in [1.82, 2.24) is 20.2 Å². The Balaban J connectivity index is 1.35. The van der Waals surface area contributed by atoms with Crippen LogP contribution in [-0.2, 0) is 22.6 Å². The molecule has 4 N–H and O–H groups in total. The molecular formula is C20H27N5O2. The van der Waals surface area contributed by atoms with Gasteiger partial charge in [-0.25, -0.2) is 4.98 Å². The summed E-state index contributed by atoms with van der Waals surface area (Å²) >= 11 is 0. The quantitative estimate of drug-likeness (QED) is 0.543. The van der Waals surface area contributed by atoms with Crippen molar-refractivity contribution >= 4 is 11.8 Å². The zero-order valence-electron chi connectivity index (χ0n) is 15.4. The van der Waals surface area contributed by atoms with Crippen molar-refractivity contribution in [2.75, 3.05) is 6.54 Å². The molecule has 0 radical (unpaired) electrons. The van der Waals surface area contributed by atoms with E-state index in [1.54, 1.807) is 6.33 Å². The molecule has 7 nitrogen and oxygen atoms in total. The van der Waals surface area contributed by atoms with Gasteiger partial charge in [-0.15, -0.1) is 0 Å². The number of hydrogen-bond donors (Lipinski definition) is 3. The minimum atomic E-state index is -0.648. The molecule has 1 aliphatic rings. The molecule has 144 valence electrons. The van der Waals surface area contributed by atoms with E-state index in [4.69, 9.17) is 5.73 Å². The molecule has 2 aromatic rings. The van der Waals surface area contributed by atoms with E-state index in [0.29, 0.717) is 31.8 Å². The average molecular weight is 369 g/mol. The molecule has 1 fully saturated rings. The second kappa shape index (κ2) is 9.32. The van der Waals surface area contributed by atoms with Crippen LogP contribution in [0.15, 0.2) is 42.9 Å². The highest BCUT2D eigenvalue weighted by molar-refractivity contribution is 5.81. The van der Waals surface area contributed by atoms with Crippen LogP contribution in [0.4, 0.5) is 0 Å². The minimum Gasteiger partial charge on any atom is -0.355 e. The van der Waals surface area contributed by atoms with E-state index in [2.05, 4.69) is 27.8 Å². The highest BCUT2D eigenvalue weighted by Gasteiger charge is 2.22. The fourth-order valence-electron chi connectivity index (χ4n) is 2.83. The largest absolute Gasteiger partial charge is 0.355 e. The summed E-state index contributed by atoms with van der Waals surface area (Å²) in [6.45, 7) is 1.19. The number of nitrogens with two attached hydrogens (primary N) is 1.